The van der Waals surface area contributed by atoms with Crippen LogP contribution in [-0.4, -0.2) is 49.2 Å². The van der Waals surface area contributed by atoms with E-state index < -0.39 is 0 Å². The minimum atomic E-state index is -0.166. The van der Waals surface area contributed by atoms with Gasteiger partial charge in [-0.25, -0.2) is 0 Å². The number of aliphatic imine (C=N–C) groups is 1. The SMILES string of the molecule is C[NH+]1CCN(C2=NC(=O)/C(=C/c3ccccc3Cl)S2)CC1. The normalized spacial score (nSPS) is 22.0. The molecule has 1 saturated heterocycles. The highest BCUT2D eigenvalue weighted by molar-refractivity contribution is 8.18. The Hall–Kier alpha value is -1.30. The Kier molecular flexibility index (Phi) is 4.33. The van der Waals surface area contributed by atoms with Crippen LogP contribution in [0.4, 0.5) is 0 Å². The Bertz CT molecular complexity index is 621. The van der Waals surface area contributed by atoms with E-state index in [-0.39, 0.29) is 5.91 Å². The van der Waals surface area contributed by atoms with E-state index in [1.54, 1.807) is 0 Å². The molecular formula is C15H17ClN3OS+. The van der Waals surface area contributed by atoms with Crippen LogP contribution in [-0.2, 0) is 4.79 Å². The molecule has 6 heteroatoms. The monoisotopic (exact) mass is 322 g/mol. The quantitative estimate of drug-likeness (QED) is 0.788. The molecule has 0 radical (unpaired) electrons. The molecular weight excluding hydrogens is 306 g/mol. The van der Waals surface area contributed by atoms with Crippen molar-refractivity contribution in [2.24, 2.45) is 4.99 Å². The lowest BCUT2D eigenvalue weighted by atomic mass is 10.2. The van der Waals surface area contributed by atoms with Crippen LogP contribution in [0.15, 0.2) is 34.2 Å². The number of amidine groups is 1. The molecule has 0 saturated carbocycles. The van der Waals surface area contributed by atoms with E-state index in [1.807, 2.05) is 30.3 Å². The molecule has 1 aromatic carbocycles. The maximum atomic E-state index is 12.1. The Balaban J connectivity index is 1.74. The molecule has 2 aliphatic rings. The van der Waals surface area contributed by atoms with Gasteiger partial charge >= 0.3 is 0 Å². The molecule has 0 bridgehead atoms. The first kappa shape index (κ1) is 14.6. The van der Waals surface area contributed by atoms with Gasteiger partial charge in [-0.2, -0.15) is 4.99 Å². The van der Waals surface area contributed by atoms with Crippen molar-refractivity contribution in [3.8, 4) is 0 Å². The number of nitrogens with one attached hydrogen (secondary N) is 1. The minimum absolute atomic E-state index is 0.166. The topological polar surface area (TPSA) is 37.1 Å². The highest BCUT2D eigenvalue weighted by Gasteiger charge is 2.28. The van der Waals surface area contributed by atoms with Gasteiger partial charge in [-0.3, -0.25) is 4.79 Å². The van der Waals surface area contributed by atoms with Crippen LogP contribution in [0.2, 0.25) is 5.02 Å². The smallest absolute Gasteiger partial charge is 0.286 e. The molecule has 1 N–H and O–H groups in total. The Morgan fingerprint density at radius 3 is 2.76 bits per heavy atom. The lowest BCUT2D eigenvalue weighted by Gasteiger charge is -2.30. The summed E-state index contributed by atoms with van der Waals surface area (Å²) in [5, 5.41) is 1.47. The molecule has 3 rings (SSSR count). The fraction of sp³-hybridized carbons (Fsp3) is 0.333. The fourth-order valence-electron chi connectivity index (χ4n) is 2.35. The first-order valence-electron chi connectivity index (χ1n) is 6.97. The van der Waals surface area contributed by atoms with Crippen molar-refractivity contribution < 1.29 is 9.69 Å². The van der Waals surface area contributed by atoms with Crippen LogP contribution in [0.5, 0.6) is 0 Å². The Morgan fingerprint density at radius 1 is 1.33 bits per heavy atom. The van der Waals surface area contributed by atoms with Crippen LogP contribution in [0.3, 0.4) is 0 Å². The van der Waals surface area contributed by atoms with E-state index in [4.69, 9.17) is 11.6 Å². The first-order chi connectivity index (χ1) is 10.1. The first-order valence-corrected chi connectivity index (χ1v) is 8.16. The number of benzene rings is 1. The number of carbonyl (C=O) groups excluding carboxylic acids is 1. The van der Waals surface area contributed by atoms with Gasteiger partial charge in [0.15, 0.2) is 5.17 Å². The maximum absolute atomic E-state index is 12.1. The van der Waals surface area contributed by atoms with Crippen molar-refractivity contribution in [2.75, 3.05) is 33.2 Å². The molecule has 2 aliphatic heterocycles. The van der Waals surface area contributed by atoms with Crippen molar-refractivity contribution in [1.82, 2.24) is 4.90 Å². The van der Waals surface area contributed by atoms with Crippen molar-refractivity contribution in [3.05, 3.63) is 39.8 Å². The molecule has 0 aromatic heterocycles. The number of thioether (sulfide) groups is 1. The third-order valence-corrected chi connectivity index (χ3v) is 5.08. The summed E-state index contributed by atoms with van der Waals surface area (Å²) >= 11 is 7.59. The highest BCUT2D eigenvalue weighted by Crippen LogP contribution is 2.31. The van der Waals surface area contributed by atoms with E-state index in [1.165, 1.54) is 16.7 Å². The lowest BCUT2D eigenvalue weighted by molar-refractivity contribution is -0.883. The van der Waals surface area contributed by atoms with Crippen molar-refractivity contribution >= 4 is 40.5 Å². The molecule has 1 amide bonds. The third kappa shape index (κ3) is 3.31. The number of quaternary nitrogens is 1. The number of carbonyl (C=O) groups is 1. The summed E-state index contributed by atoms with van der Waals surface area (Å²) in [5.74, 6) is -0.166. The second-order valence-corrected chi connectivity index (χ2v) is 6.69. The average molecular weight is 323 g/mol. The van der Waals surface area contributed by atoms with Crippen LogP contribution in [0.1, 0.15) is 5.56 Å². The minimum Gasteiger partial charge on any atom is -0.339 e. The number of amides is 1. The fourth-order valence-corrected chi connectivity index (χ4v) is 3.49. The summed E-state index contributed by atoms with van der Waals surface area (Å²) in [6.45, 7) is 4.06. The van der Waals surface area contributed by atoms with Gasteiger partial charge in [-0.05, 0) is 29.5 Å². The summed E-state index contributed by atoms with van der Waals surface area (Å²) in [6, 6.07) is 7.51. The van der Waals surface area contributed by atoms with Crippen molar-refractivity contribution in [3.63, 3.8) is 0 Å². The predicted octanol–water partition coefficient (Wildman–Crippen LogP) is 1.14. The zero-order chi connectivity index (χ0) is 14.8. The number of piperazine rings is 1. The number of hydrogen-bond acceptors (Lipinski definition) is 3. The van der Waals surface area contributed by atoms with E-state index in [0.29, 0.717) is 9.93 Å². The molecule has 2 heterocycles. The number of nitrogens with zero attached hydrogens (tertiary/aromatic N) is 2. The standard InChI is InChI=1S/C15H16ClN3OS/c1-18-6-8-19(9-7-18)15-17-14(20)13(21-15)10-11-4-2-3-5-12(11)16/h2-5,10H,6-9H2,1H3/p+1/b13-10-. The summed E-state index contributed by atoms with van der Waals surface area (Å²) < 4.78 is 0. The number of hydrogen-bond donors (Lipinski definition) is 1. The lowest BCUT2D eigenvalue weighted by Crippen LogP contribution is -3.12. The number of likely N-dealkylation sites (N-methyl/N-ethyl adjacent to an activating group) is 1. The predicted molar refractivity (Wildman–Crippen MR) is 87.7 cm³/mol. The molecule has 110 valence electrons. The van der Waals surface area contributed by atoms with Gasteiger partial charge in [-0.1, -0.05) is 29.8 Å². The molecule has 0 spiro atoms. The largest absolute Gasteiger partial charge is 0.339 e. The number of rotatable bonds is 1. The third-order valence-electron chi connectivity index (χ3n) is 3.69. The molecule has 1 fully saturated rings. The van der Waals surface area contributed by atoms with E-state index in [0.717, 1.165) is 36.9 Å². The summed E-state index contributed by atoms with van der Waals surface area (Å²) in [5.41, 5.74) is 0.856. The molecule has 0 atom stereocenters. The maximum Gasteiger partial charge on any atom is 0.286 e. The van der Waals surface area contributed by atoms with Gasteiger partial charge in [-0.15, -0.1) is 0 Å². The Labute approximate surface area is 133 Å². The second kappa shape index (κ2) is 6.22. The zero-order valence-electron chi connectivity index (χ0n) is 11.8. The van der Waals surface area contributed by atoms with Crippen molar-refractivity contribution in [2.45, 2.75) is 0 Å². The molecule has 4 nitrogen and oxygen atoms in total. The molecule has 0 aliphatic carbocycles. The van der Waals surface area contributed by atoms with Gasteiger partial charge in [0.2, 0.25) is 0 Å². The van der Waals surface area contributed by atoms with Crippen LogP contribution in [0, 0.1) is 0 Å². The van der Waals surface area contributed by atoms with Gasteiger partial charge in [0.05, 0.1) is 38.1 Å². The summed E-state index contributed by atoms with van der Waals surface area (Å²) in [6.07, 6.45) is 1.83. The molecule has 21 heavy (non-hydrogen) atoms. The van der Waals surface area contributed by atoms with Crippen LogP contribution < -0.4 is 4.90 Å². The van der Waals surface area contributed by atoms with Gasteiger partial charge in [0, 0.05) is 5.02 Å². The van der Waals surface area contributed by atoms with E-state index in [9.17, 15) is 4.79 Å². The van der Waals surface area contributed by atoms with Crippen LogP contribution in [0.25, 0.3) is 6.08 Å². The zero-order valence-corrected chi connectivity index (χ0v) is 13.4. The van der Waals surface area contributed by atoms with Gasteiger partial charge < -0.3 is 9.80 Å². The van der Waals surface area contributed by atoms with Gasteiger partial charge in [0.25, 0.3) is 5.91 Å². The molecule has 0 unspecified atom stereocenters. The second-order valence-electron chi connectivity index (χ2n) is 5.28. The summed E-state index contributed by atoms with van der Waals surface area (Å²) in [7, 11) is 2.19. The highest BCUT2D eigenvalue weighted by atomic mass is 35.5. The number of halogens is 1. The van der Waals surface area contributed by atoms with E-state index in [2.05, 4.69) is 16.9 Å². The average Bonchev–Trinajstić information content (AvgIpc) is 2.83. The van der Waals surface area contributed by atoms with Crippen LogP contribution >= 0.6 is 23.4 Å². The Morgan fingerprint density at radius 2 is 2.05 bits per heavy atom. The van der Waals surface area contributed by atoms with Crippen molar-refractivity contribution in [1.29, 1.82) is 0 Å². The molecule has 1 aromatic rings. The summed E-state index contributed by atoms with van der Waals surface area (Å²) in [4.78, 5) is 20.6. The van der Waals surface area contributed by atoms with Gasteiger partial charge in [0.1, 0.15) is 0 Å². The van der Waals surface area contributed by atoms with E-state index >= 15 is 0 Å².